The molecule has 0 saturated heterocycles. The van der Waals surface area contributed by atoms with Gasteiger partial charge in [0, 0.05) is 38.1 Å². The summed E-state index contributed by atoms with van der Waals surface area (Å²) < 4.78 is 15.8. The van der Waals surface area contributed by atoms with Crippen LogP contribution in [0.1, 0.15) is 0 Å². The Morgan fingerprint density at radius 2 is 0.873 bits per heavy atom. The van der Waals surface area contributed by atoms with Crippen LogP contribution in [0.2, 0.25) is 0 Å². The highest BCUT2D eigenvalue weighted by Gasteiger charge is 2.23. The van der Waals surface area contributed by atoms with Gasteiger partial charge in [0.15, 0.2) is 17.5 Å². The zero-order chi connectivity index (χ0) is 41.2. The van der Waals surface area contributed by atoms with E-state index in [1.807, 2.05) is 42.5 Å². The van der Waals surface area contributed by atoms with E-state index in [1.165, 1.54) is 32.3 Å². The number of fused-ring (bicyclic) bond motifs is 12. The molecule has 0 bridgehead atoms. The van der Waals surface area contributed by atoms with E-state index >= 15 is 0 Å². The lowest BCUT2D eigenvalue weighted by Gasteiger charge is -2.14. The minimum absolute atomic E-state index is 0.522. The van der Waals surface area contributed by atoms with E-state index in [1.54, 1.807) is 0 Å². The van der Waals surface area contributed by atoms with Crippen molar-refractivity contribution >= 4 is 98.0 Å². The van der Waals surface area contributed by atoms with Crippen LogP contribution in [-0.2, 0) is 0 Å². The first-order valence-corrected chi connectivity index (χ1v) is 21.2. The number of hydrogen-bond donors (Lipinski definition) is 0. The number of benzene rings is 10. The van der Waals surface area contributed by atoms with E-state index in [0.29, 0.717) is 17.5 Å². The summed E-state index contributed by atoms with van der Waals surface area (Å²) in [5, 5.41) is 13.5. The molecule has 14 rings (SSSR count). The number of nitrogens with zero attached hydrogens (tertiary/aromatic N) is 4. The second-order valence-electron chi connectivity index (χ2n) is 16.4. The molecule has 14 aromatic rings. The standard InChI is InChI=1S/C57H32N4O2/c1-2-13-34-26-39(25-24-33(34)12-1)55-58-56(60-57(59-55)44-21-11-20-42-41-18-7-9-22-50(41)63-54(42)44)40-31-49(53-43-19-8-10-23-51(43)62-52(53)32-40)61-47-29-37-16-5-3-14-35(37)27-45(47)46-28-36-15-4-6-17-38(36)30-48(46)61/h1-32H. The maximum absolute atomic E-state index is 6.79. The average Bonchev–Trinajstić information content (AvgIpc) is 4.01. The zero-order valence-electron chi connectivity index (χ0n) is 33.6. The Hall–Kier alpha value is -8.61. The van der Waals surface area contributed by atoms with Crippen molar-refractivity contribution < 1.29 is 8.83 Å². The molecule has 0 aliphatic rings. The number of para-hydroxylation sites is 3. The Morgan fingerprint density at radius 3 is 1.57 bits per heavy atom. The monoisotopic (exact) mass is 804 g/mol. The van der Waals surface area contributed by atoms with E-state index in [9.17, 15) is 0 Å². The minimum Gasteiger partial charge on any atom is -0.456 e. The molecule has 4 heterocycles. The van der Waals surface area contributed by atoms with Crippen molar-refractivity contribution in [1.29, 1.82) is 0 Å². The maximum atomic E-state index is 6.79. The maximum Gasteiger partial charge on any atom is 0.167 e. The predicted molar refractivity (Wildman–Crippen MR) is 258 cm³/mol. The summed E-state index contributed by atoms with van der Waals surface area (Å²) in [6, 6.07) is 68.2. The third kappa shape index (κ3) is 5.15. The molecule has 6 heteroatoms. The topological polar surface area (TPSA) is 69.9 Å². The number of rotatable bonds is 4. The molecule has 0 N–H and O–H groups in total. The van der Waals surface area contributed by atoms with Gasteiger partial charge in [-0.05, 0) is 93.0 Å². The highest BCUT2D eigenvalue weighted by molar-refractivity contribution is 6.19. The summed E-state index contributed by atoms with van der Waals surface area (Å²) >= 11 is 0. The van der Waals surface area contributed by atoms with Gasteiger partial charge in [-0.15, -0.1) is 0 Å². The quantitative estimate of drug-likeness (QED) is 0.177. The molecule has 0 unspecified atom stereocenters. The van der Waals surface area contributed by atoms with Crippen LogP contribution < -0.4 is 0 Å². The van der Waals surface area contributed by atoms with Crippen molar-refractivity contribution in [3.63, 3.8) is 0 Å². The van der Waals surface area contributed by atoms with Crippen LogP contribution in [0.3, 0.4) is 0 Å². The molecule has 0 amide bonds. The van der Waals surface area contributed by atoms with Crippen molar-refractivity contribution in [2.45, 2.75) is 0 Å². The van der Waals surface area contributed by atoms with Crippen LogP contribution in [0, 0.1) is 0 Å². The Kier molecular flexibility index (Phi) is 7.02. The average molecular weight is 805 g/mol. The summed E-state index contributed by atoms with van der Waals surface area (Å²) in [6.07, 6.45) is 0. The summed E-state index contributed by atoms with van der Waals surface area (Å²) in [6.45, 7) is 0. The molecule has 6 nitrogen and oxygen atoms in total. The molecule has 4 aromatic heterocycles. The first-order chi connectivity index (χ1) is 31.2. The van der Waals surface area contributed by atoms with Gasteiger partial charge in [0.05, 0.1) is 27.7 Å². The first-order valence-electron chi connectivity index (χ1n) is 21.2. The second-order valence-corrected chi connectivity index (χ2v) is 16.4. The second kappa shape index (κ2) is 12.9. The molecule has 63 heavy (non-hydrogen) atoms. The van der Waals surface area contributed by atoms with Gasteiger partial charge < -0.3 is 13.4 Å². The number of furan rings is 2. The highest BCUT2D eigenvalue weighted by atomic mass is 16.3. The van der Waals surface area contributed by atoms with Crippen LogP contribution in [-0.4, -0.2) is 19.5 Å². The van der Waals surface area contributed by atoms with Crippen LogP contribution in [0.5, 0.6) is 0 Å². The van der Waals surface area contributed by atoms with Crippen LogP contribution in [0.25, 0.3) is 138 Å². The van der Waals surface area contributed by atoms with E-state index in [4.69, 9.17) is 23.8 Å². The van der Waals surface area contributed by atoms with E-state index in [2.05, 4.69) is 156 Å². The smallest absolute Gasteiger partial charge is 0.167 e. The molecule has 0 spiro atoms. The Morgan fingerprint density at radius 1 is 0.333 bits per heavy atom. The fourth-order valence-corrected chi connectivity index (χ4v) is 9.79. The molecule has 10 aromatic carbocycles. The van der Waals surface area contributed by atoms with Crippen molar-refractivity contribution in [1.82, 2.24) is 19.5 Å². The third-order valence-corrected chi connectivity index (χ3v) is 12.7. The molecule has 0 aliphatic carbocycles. The van der Waals surface area contributed by atoms with Gasteiger partial charge in [-0.1, -0.05) is 133 Å². The van der Waals surface area contributed by atoms with E-state index in [-0.39, 0.29) is 0 Å². The lowest BCUT2D eigenvalue weighted by Crippen LogP contribution is -2.02. The molecular formula is C57H32N4O2. The van der Waals surface area contributed by atoms with Crippen molar-refractivity contribution in [3.05, 3.63) is 194 Å². The molecule has 292 valence electrons. The summed E-state index contributed by atoms with van der Waals surface area (Å²) in [5.41, 5.74) is 8.78. The summed E-state index contributed by atoms with van der Waals surface area (Å²) in [7, 11) is 0. The predicted octanol–water partition coefficient (Wildman–Crippen LogP) is 15.2. The lowest BCUT2D eigenvalue weighted by molar-refractivity contribution is 0.668. The zero-order valence-corrected chi connectivity index (χ0v) is 33.6. The van der Waals surface area contributed by atoms with Gasteiger partial charge in [0.1, 0.15) is 22.3 Å². The van der Waals surface area contributed by atoms with Crippen LogP contribution in [0.4, 0.5) is 0 Å². The summed E-state index contributed by atoms with van der Waals surface area (Å²) in [5.74, 6) is 1.61. The fourth-order valence-electron chi connectivity index (χ4n) is 9.79. The Labute approximate surface area is 358 Å². The SMILES string of the molecule is c1ccc2cc(-c3nc(-c4cc(-n5c6cc7ccccc7cc6c6cc7ccccc7cc65)c5c(c4)oc4ccccc45)nc(-c4cccc5c4oc4ccccc45)n3)ccc2c1. The first kappa shape index (κ1) is 34.1. The van der Waals surface area contributed by atoms with Gasteiger partial charge in [-0.25, -0.2) is 15.0 Å². The molecule has 0 aliphatic heterocycles. The minimum atomic E-state index is 0.522. The van der Waals surface area contributed by atoms with Crippen molar-refractivity contribution in [2.75, 3.05) is 0 Å². The largest absolute Gasteiger partial charge is 0.456 e. The normalized spacial score (nSPS) is 12.1. The fraction of sp³-hybridized carbons (Fsp3) is 0. The lowest BCUT2D eigenvalue weighted by atomic mass is 10.0. The van der Waals surface area contributed by atoms with Crippen LogP contribution >= 0.6 is 0 Å². The van der Waals surface area contributed by atoms with Crippen molar-refractivity contribution in [2.24, 2.45) is 0 Å². The molecule has 0 fully saturated rings. The van der Waals surface area contributed by atoms with Gasteiger partial charge in [0.2, 0.25) is 0 Å². The summed E-state index contributed by atoms with van der Waals surface area (Å²) in [4.78, 5) is 15.9. The van der Waals surface area contributed by atoms with E-state index < -0.39 is 0 Å². The molecule has 0 saturated carbocycles. The van der Waals surface area contributed by atoms with Crippen LogP contribution in [0.15, 0.2) is 203 Å². The molecule has 0 atom stereocenters. The van der Waals surface area contributed by atoms with Gasteiger partial charge in [-0.3, -0.25) is 0 Å². The Bertz CT molecular complexity index is 4140. The highest BCUT2D eigenvalue weighted by Crippen LogP contribution is 2.43. The van der Waals surface area contributed by atoms with E-state index in [0.717, 1.165) is 88.1 Å². The number of aromatic nitrogens is 4. The molecule has 0 radical (unpaired) electrons. The van der Waals surface area contributed by atoms with Gasteiger partial charge in [0.25, 0.3) is 0 Å². The van der Waals surface area contributed by atoms with Crippen molar-refractivity contribution in [3.8, 4) is 39.9 Å². The van der Waals surface area contributed by atoms with Gasteiger partial charge in [-0.2, -0.15) is 0 Å². The third-order valence-electron chi connectivity index (χ3n) is 12.7. The van der Waals surface area contributed by atoms with Gasteiger partial charge >= 0.3 is 0 Å². The number of hydrogen-bond acceptors (Lipinski definition) is 5. The Balaban J connectivity index is 1.09. The molecular weight excluding hydrogens is 773 g/mol.